The van der Waals surface area contributed by atoms with Gasteiger partial charge in [0, 0.05) is 24.8 Å². The second-order valence-corrected chi connectivity index (χ2v) is 4.88. The van der Waals surface area contributed by atoms with Crippen LogP contribution in [0.3, 0.4) is 0 Å². The standard InChI is InChI=1S/C12H16N4O2/c17-12(18)8-6-13-7-14-11(8)15-9-3-5-16-4-1-2-10(9)16/h6-7,9-10H,1-5H2,(H,17,18)(H,13,14,15). The molecule has 2 saturated heterocycles. The first-order valence-corrected chi connectivity index (χ1v) is 6.29. The molecule has 2 aliphatic rings. The molecule has 2 atom stereocenters. The van der Waals surface area contributed by atoms with Crippen molar-refractivity contribution < 1.29 is 9.90 Å². The average molecular weight is 248 g/mol. The van der Waals surface area contributed by atoms with Crippen molar-refractivity contribution in [1.82, 2.24) is 14.9 Å². The summed E-state index contributed by atoms with van der Waals surface area (Å²) in [5.74, 6) is -0.546. The fraction of sp³-hybridized carbons (Fsp3) is 0.583. The van der Waals surface area contributed by atoms with Crippen LogP contribution in [0.2, 0.25) is 0 Å². The molecular weight excluding hydrogens is 232 g/mol. The van der Waals surface area contributed by atoms with Crippen molar-refractivity contribution in [3.8, 4) is 0 Å². The Kier molecular flexibility index (Phi) is 2.87. The minimum atomic E-state index is -0.987. The van der Waals surface area contributed by atoms with Crippen molar-refractivity contribution in [2.75, 3.05) is 18.4 Å². The SMILES string of the molecule is O=C(O)c1cncnc1NC1CCN2CCCC12. The van der Waals surface area contributed by atoms with E-state index in [0.717, 1.165) is 13.0 Å². The average Bonchev–Trinajstić information content (AvgIpc) is 2.94. The Labute approximate surface area is 105 Å². The maximum Gasteiger partial charge on any atom is 0.341 e. The Balaban J connectivity index is 1.78. The van der Waals surface area contributed by atoms with Crippen LogP contribution in [-0.4, -0.2) is 51.1 Å². The summed E-state index contributed by atoms with van der Waals surface area (Å²) in [5.41, 5.74) is 0.147. The van der Waals surface area contributed by atoms with E-state index in [4.69, 9.17) is 5.11 Å². The molecule has 0 radical (unpaired) electrons. The minimum absolute atomic E-state index is 0.147. The summed E-state index contributed by atoms with van der Waals surface area (Å²) in [6.07, 6.45) is 6.20. The molecule has 6 heteroatoms. The predicted molar refractivity (Wildman–Crippen MR) is 65.6 cm³/mol. The van der Waals surface area contributed by atoms with Gasteiger partial charge in [-0.2, -0.15) is 0 Å². The molecule has 0 bridgehead atoms. The van der Waals surface area contributed by atoms with E-state index in [0.29, 0.717) is 17.9 Å². The van der Waals surface area contributed by atoms with Gasteiger partial charge in [-0.25, -0.2) is 14.8 Å². The molecular formula is C12H16N4O2. The summed E-state index contributed by atoms with van der Waals surface area (Å²) in [6, 6.07) is 0.835. The fourth-order valence-corrected chi connectivity index (χ4v) is 3.03. The normalized spacial score (nSPS) is 27.1. The van der Waals surface area contributed by atoms with Gasteiger partial charge in [0.25, 0.3) is 0 Å². The lowest BCUT2D eigenvalue weighted by Gasteiger charge is -2.22. The van der Waals surface area contributed by atoms with Gasteiger partial charge in [-0.05, 0) is 25.8 Å². The van der Waals surface area contributed by atoms with Crippen LogP contribution in [0.5, 0.6) is 0 Å². The molecule has 0 aromatic carbocycles. The van der Waals surface area contributed by atoms with Crippen molar-refractivity contribution in [1.29, 1.82) is 0 Å². The van der Waals surface area contributed by atoms with Gasteiger partial charge in [-0.3, -0.25) is 4.90 Å². The number of aromatic nitrogens is 2. The first kappa shape index (κ1) is 11.4. The van der Waals surface area contributed by atoms with Crippen molar-refractivity contribution in [2.45, 2.75) is 31.3 Å². The largest absolute Gasteiger partial charge is 0.477 e. The van der Waals surface area contributed by atoms with Gasteiger partial charge in [0.05, 0.1) is 0 Å². The lowest BCUT2D eigenvalue weighted by atomic mass is 10.1. The van der Waals surface area contributed by atoms with Crippen molar-refractivity contribution in [2.24, 2.45) is 0 Å². The van der Waals surface area contributed by atoms with Crippen LogP contribution >= 0.6 is 0 Å². The highest BCUT2D eigenvalue weighted by atomic mass is 16.4. The molecule has 0 spiro atoms. The second kappa shape index (κ2) is 4.53. The Hall–Kier alpha value is -1.69. The van der Waals surface area contributed by atoms with Gasteiger partial charge in [-0.1, -0.05) is 0 Å². The number of rotatable bonds is 3. The molecule has 2 fully saturated rings. The molecule has 2 aliphatic heterocycles. The zero-order valence-corrected chi connectivity index (χ0v) is 10.0. The Morgan fingerprint density at radius 1 is 1.44 bits per heavy atom. The molecule has 0 aliphatic carbocycles. The highest BCUT2D eigenvalue weighted by Gasteiger charge is 2.37. The Morgan fingerprint density at radius 2 is 2.33 bits per heavy atom. The van der Waals surface area contributed by atoms with Gasteiger partial charge in [0.2, 0.25) is 0 Å². The number of carbonyl (C=O) groups is 1. The summed E-state index contributed by atoms with van der Waals surface area (Å²) in [5, 5.41) is 12.4. The molecule has 96 valence electrons. The van der Waals surface area contributed by atoms with Crippen LogP contribution in [0.15, 0.2) is 12.5 Å². The molecule has 2 unspecified atom stereocenters. The number of carboxylic acid groups (broad SMARTS) is 1. The highest BCUT2D eigenvalue weighted by Crippen LogP contribution is 2.30. The summed E-state index contributed by atoms with van der Waals surface area (Å²) in [6.45, 7) is 2.26. The molecule has 0 saturated carbocycles. The van der Waals surface area contributed by atoms with Crippen LogP contribution < -0.4 is 5.32 Å². The second-order valence-electron chi connectivity index (χ2n) is 4.88. The van der Waals surface area contributed by atoms with Gasteiger partial charge in [-0.15, -0.1) is 0 Å². The minimum Gasteiger partial charge on any atom is -0.477 e. The maximum atomic E-state index is 11.1. The zero-order chi connectivity index (χ0) is 12.5. The van der Waals surface area contributed by atoms with E-state index in [-0.39, 0.29) is 5.56 Å². The van der Waals surface area contributed by atoms with E-state index in [1.165, 1.54) is 31.9 Å². The van der Waals surface area contributed by atoms with Gasteiger partial charge < -0.3 is 10.4 Å². The number of hydrogen-bond acceptors (Lipinski definition) is 5. The molecule has 1 aromatic rings. The number of nitrogens with zero attached hydrogens (tertiary/aromatic N) is 3. The summed E-state index contributed by atoms with van der Waals surface area (Å²) < 4.78 is 0. The third kappa shape index (κ3) is 1.92. The third-order valence-electron chi connectivity index (χ3n) is 3.87. The van der Waals surface area contributed by atoms with Crippen molar-refractivity contribution >= 4 is 11.8 Å². The molecule has 0 amide bonds. The Bertz CT molecular complexity index is 465. The zero-order valence-electron chi connectivity index (χ0n) is 10.0. The number of anilines is 1. The first-order valence-electron chi connectivity index (χ1n) is 6.29. The van der Waals surface area contributed by atoms with Crippen molar-refractivity contribution in [3.05, 3.63) is 18.1 Å². The van der Waals surface area contributed by atoms with E-state index in [9.17, 15) is 4.79 Å². The maximum absolute atomic E-state index is 11.1. The number of fused-ring (bicyclic) bond motifs is 1. The van der Waals surface area contributed by atoms with E-state index in [1.807, 2.05) is 0 Å². The van der Waals surface area contributed by atoms with Crippen LogP contribution in [0.1, 0.15) is 29.6 Å². The number of carboxylic acids is 1. The summed E-state index contributed by atoms with van der Waals surface area (Å²) in [7, 11) is 0. The van der Waals surface area contributed by atoms with E-state index in [2.05, 4.69) is 20.2 Å². The lowest BCUT2D eigenvalue weighted by molar-refractivity contribution is 0.0697. The van der Waals surface area contributed by atoms with Crippen LogP contribution in [0.25, 0.3) is 0 Å². The van der Waals surface area contributed by atoms with Crippen LogP contribution in [0, 0.1) is 0 Å². The number of hydrogen-bond donors (Lipinski definition) is 2. The molecule has 3 rings (SSSR count). The molecule has 3 heterocycles. The van der Waals surface area contributed by atoms with E-state index >= 15 is 0 Å². The third-order valence-corrected chi connectivity index (χ3v) is 3.87. The van der Waals surface area contributed by atoms with Gasteiger partial charge in [0.15, 0.2) is 0 Å². The summed E-state index contributed by atoms with van der Waals surface area (Å²) in [4.78, 5) is 21.4. The number of nitrogens with one attached hydrogen (secondary N) is 1. The van der Waals surface area contributed by atoms with Crippen molar-refractivity contribution in [3.63, 3.8) is 0 Å². The smallest absolute Gasteiger partial charge is 0.341 e. The van der Waals surface area contributed by atoms with Gasteiger partial charge >= 0.3 is 5.97 Å². The highest BCUT2D eigenvalue weighted by molar-refractivity contribution is 5.92. The summed E-state index contributed by atoms with van der Waals surface area (Å²) >= 11 is 0. The fourth-order valence-electron chi connectivity index (χ4n) is 3.03. The first-order chi connectivity index (χ1) is 8.75. The van der Waals surface area contributed by atoms with Gasteiger partial charge in [0.1, 0.15) is 17.7 Å². The Morgan fingerprint density at radius 3 is 3.17 bits per heavy atom. The number of aromatic carboxylic acids is 1. The molecule has 1 aromatic heterocycles. The monoisotopic (exact) mass is 248 g/mol. The lowest BCUT2D eigenvalue weighted by Crippen LogP contribution is -2.34. The van der Waals surface area contributed by atoms with E-state index < -0.39 is 5.97 Å². The molecule has 6 nitrogen and oxygen atoms in total. The van der Waals surface area contributed by atoms with Crippen LogP contribution in [-0.2, 0) is 0 Å². The quantitative estimate of drug-likeness (QED) is 0.824. The topological polar surface area (TPSA) is 78.3 Å². The predicted octanol–water partition coefficient (Wildman–Crippen LogP) is 0.823. The molecule has 18 heavy (non-hydrogen) atoms. The molecule has 2 N–H and O–H groups in total. The van der Waals surface area contributed by atoms with Crippen LogP contribution in [0.4, 0.5) is 5.82 Å². The van der Waals surface area contributed by atoms with E-state index in [1.54, 1.807) is 0 Å².